The number of amides is 1. The summed E-state index contributed by atoms with van der Waals surface area (Å²) in [4.78, 5) is 14.6. The largest absolute Gasteiger partial charge is 0.416 e. The minimum atomic E-state index is -4.36. The number of nitrogens with zero attached hydrogens (tertiary/aromatic N) is 1. The molecule has 2 heterocycles. The van der Waals surface area contributed by atoms with Crippen molar-refractivity contribution in [3.8, 4) is 0 Å². The highest BCUT2D eigenvalue weighted by Gasteiger charge is 2.34. The van der Waals surface area contributed by atoms with Crippen molar-refractivity contribution in [1.82, 2.24) is 10.2 Å². The summed E-state index contributed by atoms with van der Waals surface area (Å²) in [5.74, 6) is -0.194. The first-order chi connectivity index (χ1) is 14.8. The van der Waals surface area contributed by atoms with Crippen LogP contribution in [0.3, 0.4) is 0 Å². The van der Waals surface area contributed by atoms with Crippen LogP contribution in [0.1, 0.15) is 56.2 Å². The molecule has 1 aromatic carbocycles. The first-order valence-electron chi connectivity index (χ1n) is 11.3. The summed E-state index contributed by atoms with van der Waals surface area (Å²) < 4.78 is 44.3. The van der Waals surface area contributed by atoms with Crippen molar-refractivity contribution in [1.29, 1.82) is 0 Å². The van der Waals surface area contributed by atoms with E-state index >= 15 is 0 Å². The van der Waals surface area contributed by atoms with Crippen LogP contribution in [0.5, 0.6) is 0 Å². The summed E-state index contributed by atoms with van der Waals surface area (Å²) in [5.41, 5.74) is 0.855. The normalized spacial score (nSPS) is 23.8. The zero-order valence-corrected chi connectivity index (χ0v) is 18.4. The Morgan fingerprint density at radius 3 is 2.55 bits per heavy atom. The average molecular weight is 439 g/mol. The van der Waals surface area contributed by atoms with Crippen LogP contribution in [0.2, 0.25) is 0 Å². The summed E-state index contributed by atoms with van der Waals surface area (Å²) in [5, 5.41) is 3.58. The molecule has 1 saturated heterocycles. The highest BCUT2D eigenvalue weighted by Crippen LogP contribution is 2.33. The van der Waals surface area contributed by atoms with Crippen LogP contribution in [0.25, 0.3) is 0 Å². The molecule has 4 nitrogen and oxygen atoms in total. The molecule has 31 heavy (non-hydrogen) atoms. The van der Waals surface area contributed by atoms with E-state index in [1.807, 2.05) is 6.08 Å². The van der Waals surface area contributed by atoms with Gasteiger partial charge in [0.25, 0.3) is 0 Å². The van der Waals surface area contributed by atoms with Crippen molar-refractivity contribution >= 4 is 5.91 Å². The van der Waals surface area contributed by atoms with Crippen LogP contribution in [0.4, 0.5) is 13.2 Å². The van der Waals surface area contributed by atoms with Gasteiger partial charge in [-0.25, -0.2) is 0 Å². The van der Waals surface area contributed by atoms with Crippen LogP contribution in [-0.4, -0.2) is 42.6 Å². The Balaban J connectivity index is 0.000000858. The maximum Gasteiger partial charge on any atom is 0.416 e. The van der Waals surface area contributed by atoms with Gasteiger partial charge in [-0.2, -0.15) is 13.2 Å². The van der Waals surface area contributed by atoms with Crippen molar-refractivity contribution in [2.45, 2.75) is 70.8 Å². The van der Waals surface area contributed by atoms with E-state index in [4.69, 9.17) is 4.74 Å². The molecule has 2 atom stereocenters. The summed E-state index contributed by atoms with van der Waals surface area (Å²) in [6.45, 7) is 6.59. The third-order valence-corrected chi connectivity index (χ3v) is 5.93. The highest BCUT2D eigenvalue weighted by molar-refractivity contribution is 5.81. The van der Waals surface area contributed by atoms with Gasteiger partial charge in [-0.15, -0.1) is 0 Å². The van der Waals surface area contributed by atoms with Gasteiger partial charge in [-0.1, -0.05) is 38.5 Å². The standard InChI is InChI=1S/C21H25F3N2O2.C3H8/c22-21(23,24)17-3-1-14-5-8-26(13-16(14)11-17)20(27)15-2-4-19(12-15)25-18-6-9-28-10-7-18;1-3-2/h1-4,11,15,18-19,25H,5-10,12-13H2;3H2,1-2H3. The number of carbonyl (C=O) groups excluding carboxylic acids is 1. The summed E-state index contributed by atoms with van der Waals surface area (Å²) in [6, 6.07) is 4.45. The Kier molecular flexibility index (Phi) is 8.17. The lowest BCUT2D eigenvalue weighted by Crippen LogP contribution is -2.42. The third kappa shape index (κ3) is 6.32. The number of alkyl halides is 3. The number of nitrogens with one attached hydrogen (secondary N) is 1. The first-order valence-corrected chi connectivity index (χ1v) is 11.3. The average Bonchev–Trinajstić information content (AvgIpc) is 3.21. The quantitative estimate of drug-likeness (QED) is 0.695. The number of halogens is 3. The van der Waals surface area contributed by atoms with Gasteiger partial charge in [-0.3, -0.25) is 4.79 Å². The van der Waals surface area contributed by atoms with Gasteiger partial charge in [0, 0.05) is 38.4 Å². The number of carbonyl (C=O) groups is 1. The zero-order valence-electron chi connectivity index (χ0n) is 18.4. The predicted molar refractivity (Wildman–Crippen MR) is 115 cm³/mol. The second-order valence-electron chi connectivity index (χ2n) is 8.59. The molecule has 3 aliphatic rings. The lowest BCUT2D eigenvalue weighted by atomic mass is 9.95. The molecule has 7 heteroatoms. The van der Waals surface area contributed by atoms with Crippen LogP contribution >= 0.6 is 0 Å². The Labute approximate surface area is 182 Å². The van der Waals surface area contributed by atoms with Crippen molar-refractivity contribution < 1.29 is 22.7 Å². The molecule has 0 aromatic heterocycles. The minimum absolute atomic E-state index is 0.00980. The summed E-state index contributed by atoms with van der Waals surface area (Å²) in [6.07, 6.45) is 4.15. The Morgan fingerprint density at radius 2 is 1.87 bits per heavy atom. The SMILES string of the molecule is CCC.O=C(C1C=CC(NC2CCOCC2)C1)N1CCc2ccc(C(F)(F)F)cc2C1. The molecule has 1 N–H and O–H groups in total. The van der Waals surface area contributed by atoms with E-state index in [1.54, 1.807) is 11.0 Å². The molecule has 1 fully saturated rings. The predicted octanol–water partition coefficient (Wildman–Crippen LogP) is 4.72. The molecule has 0 saturated carbocycles. The molecule has 2 unspecified atom stereocenters. The Morgan fingerprint density at radius 1 is 1.16 bits per heavy atom. The molecule has 1 aromatic rings. The Hall–Kier alpha value is -1.86. The fourth-order valence-electron chi connectivity index (χ4n) is 4.33. The van der Waals surface area contributed by atoms with E-state index in [0.29, 0.717) is 31.0 Å². The molecule has 172 valence electrons. The molecule has 1 amide bonds. The molecule has 0 spiro atoms. The van der Waals surface area contributed by atoms with Gasteiger partial charge in [0.1, 0.15) is 0 Å². The highest BCUT2D eigenvalue weighted by atomic mass is 19.4. The molecular formula is C24H33F3N2O2. The monoisotopic (exact) mass is 438 g/mol. The topological polar surface area (TPSA) is 41.6 Å². The van der Waals surface area contributed by atoms with E-state index < -0.39 is 11.7 Å². The van der Waals surface area contributed by atoms with E-state index in [0.717, 1.165) is 37.7 Å². The van der Waals surface area contributed by atoms with Crippen molar-refractivity contribution in [2.24, 2.45) is 5.92 Å². The van der Waals surface area contributed by atoms with E-state index in [-0.39, 0.29) is 24.4 Å². The molecule has 0 radical (unpaired) electrons. The number of benzene rings is 1. The number of fused-ring (bicyclic) bond motifs is 1. The minimum Gasteiger partial charge on any atom is -0.381 e. The Bertz CT molecular complexity index is 773. The van der Waals surface area contributed by atoms with Crippen LogP contribution in [0.15, 0.2) is 30.4 Å². The molecule has 1 aliphatic carbocycles. The van der Waals surface area contributed by atoms with Gasteiger partial charge in [0.2, 0.25) is 5.91 Å². The third-order valence-electron chi connectivity index (χ3n) is 5.93. The summed E-state index contributed by atoms with van der Waals surface area (Å²) >= 11 is 0. The van der Waals surface area contributed by atoms with Gasteiger partial charge < -0.3 is 15.0 Å². The fourth-order valence-corrected chi connectivity index (χ4v) is 4.33. The number of ether oxygens (including phenoxy) is 1. The van der Waals surface area contributed by atoms with E-state index in [9.17, 15) is 18.0 Å². The van der Waals surface area contributed by atoms with Gasteiger partial charge in [0.15, 0.2) is 0 Å². The van der Waals surface area contributed by atoms with E-state index in [1.165, 1.54) is 12.5 Å². The lowest BCUT2D eigenvalue weighted by Gasteiger charge is -2.31. The molecule has 2 aliphatic heterocycles. The van der Waals surface area contributed by atoms with Gasteiger partial charge >= 0.3 is 6.18 Å². The van der Waals surface area contributed by atoms with Crippen molar-refractivity contribution in [2.75, 3.05) is 19.8 Å². The summed E-state index contributed by atoms with van der Waals surface area (Å²) in [7, 11) is 0. The zero-order chi connectivity index (χ0) is 22.4. The smallest absolute Gasteiger partial charge is 0.381 e. The number of hydrogen-bond acceptors (Lipinski definition) is 3. The molecular weight excluding hydrogens is 405 g/mol. The van der Waals surface area contributed by atoms with Crippen LogP contribution < -0.4 is 5.32 Å². The van der Waals surface area contributed by atoms with Gasteiger partial charge in [0.05, 0.1) is 11.5 Å². The van der Waals surface area contributed by atoms with Crippen molar-refractivity contribution in [3.05, 3.63) is 47.0 Å². The van der Waals surface area contributed by atoms with Gasteiger partial charge in [-0.05, 0) is 48.9 Å². The van der Waals surface area contributed by atoms with Crippen LogP contribution in [-0.2, 0) is 28.7 Å². The number of rotatable bonds is 3. The van der Waals surface area contributed by atoms with Crippen LogP contribution in [0, 0.1) is 5.92 Å². The maximum absolute atomic E-state index is 13.0. The maximum atomic E-state index is 13.0. The fraction of sp³-hybridized carbons (Fsp3) is 0.625. The van der Waals surface area contributed by atoms with E-state index in [2.05, 4.69) is 25.2 Å². The molecule has 4 rings (SSSR count). The second kappa shape index (κ2) is 10.6. The number of hydrogen-bond donors (Lipinski definition) is 1. The first kappa shape index (κ1) is 23.8. The lowest BCUT2D eigenvalue weighted by molar-refractivity contribution is -0.137. The van der Waals surface area contributed by atoms with Crippen molar-refractivity contribution in [3.63, 3.8) is 0 Å². The molecule has 0 bridgehead atoms. The second-order valence-corrected chi connectivity index (χ2v) is 8.59.